The molecule has 1 aromatic heterocycles. The highest BCUT2D eigenvalue weighted by Crippen LogP contribution is 2.32. The molecule has 0 spiro atoms. The molecule has 1 heterocycles. The van der Waals surface area contributed by atoms with Gasteiger partial charge in [0.05, 0.1) is 12.3 Å². The second-order valence-corrected chi connectivity index (χ2v) is 4.55. The molecule has 0 amide bonds. The van der Waals surface area contributed by atoms with Crippen LogP contribution in [-0.2, 0) is 0 Å². The summed E-state index contributed by atoms with van der Waals surface area (Å²) in [5.74, 6) is 1.42. The molecule has 0 aliphatic carbocycles. The van der Waals surface area contributed by atoms with Crippen molar-refractivity contribution in [3.05, 3.63) is 71.2 Å². The Bertz CT molecular complexity index is 801. The molecule has 6 heteroatoms. The smallest absolute Gasteiger partial charge is 0.194 e. The average Bonchev–Trinajstić information content (AvgIpc) is 2.92. The Morgan fingerprint density at radius 2 is 1.71 bits per heavy atom. The molecule has 2 aromatic carbocycles. The predicted octanol–water partition coefficient (Wildman–Crippen LogP) is 3.40. The van der Waals surface area contributed by atoms with E-state index < -0.39 is 23.5 Å². The summed E-state index contributed by atoms with van der Waals surface area (Å²) in [5.41, 5.74) is 3.45. The maximum atomic E-state index is 14.0. The van der Waals surface area contributed by atoms with Gasteiger partial charge in [0.2, 0.25) is 0 Å². The Labute approximate surface area is 118 Å². The van der Waals surface area contributed by atoms with E-state index in [-0.39, 0.29) is 5.56 Å². The summed E-state index contributed by atoms with van der Waals surface area (Å²) in [4.78, 5) is 0. The van der Waals surface area contributed by atoms with Crippen LogP contribution in [0.15, 0.2) is 47.1 Å². The number of benzene rings is 2. The van der Waals surface area contributed by atoms with E-state index in [1.54, 1.807) is 24.3 Å². The molecule has 108 valence electrons. The zero-order chi connectivity index (χ0) is 15.0. The summed E-state index contributed by atoms with van der Waals surface area (Å²) in [7, 11) is 0. The van der Waals surface area contributed by atoms with Crippen LogP contribution in [0, 0.1) is 17.5 Å². The van der Waals surface area contributed by atoms with Crippen LogP contribution in [0.2, 0.25) is 0 Å². The summed E-state index contributed by atoms with van der Waals surface area (Å²) < 4.78 is 45.8. The van der Waals surface area contributed by atoms with Crippen LogP contribution in [0.1, 0.15) is 17.2 Å². The lowest BCUT2D eigenvalue weighted by Gasteiger charge is -2.16. The SMILES string of the molecule is NNC(c1ccc(F)c(F)c1F)c1coc2ccccc12. The summed E-state index contributed by atoms with van der Waals surface area (Å²) in [6.07, 6.45) is 1.41. The normalized spacial score (nSPS) is 12.8. The largest absolute Gasteiger partial charge is 0.464 e. The number of nitrogens with one attached hydrogen (secondary N) is 1. The first-order valence-corrected chi connectivity index (χ1v) is 6.19. The lowest BCUT2D eigenvalue weighted by molar-refractivity contribution is 0.433. The first-order chi connectivity index (χ1) is 10.1. The third-order valence-corrected chi connectivity index (χ3v) is 3.36. The second kappa shape index (κ2) is 5.23. The number of nitrogens with two attached hydrogens (primary N) is 1. The lowest BCUT2D eigenvalue weighted by Crippen LogP contribution is -2.29. The van der Waals surface area contributed by atoms with Gasteiger partial charge in [0.25, 0.3) is 0 Å². The fraction of sp³-hybridized carbons (Fsp3) is 0.0667. The van der Waals surface area contributed by atoms with Crippen LogP contribution in [0.4, 0.5) is 13.2 Å². The van der Waals surface area contributed by atoms with Crippen molar-refractivity contribution in [2.75, 3.05) is 0 Å². The molecular formula is C15H11F3N2O. The monoisotopic (exact) mass is 292 g/mol. The minimum atomic E-state index is -1.53. The maximum Gasteiger partial charge on any atom is 0.194 e. The molecule has 0 aliphatic heterocycles. The van der Waals surface area contributed by atoms with Crippen molar-refractivity contribution in [3.63, 3.8) is 0 Å². The highest BCUT2D eigenvalue weighted by atomic mass is 19.2. The minimum Gasteiger partial charge on any atom is -0.464 e. The number of para-hydroxylation sites is 1. The number of fused-ring (bicyclic) bond motifs is 1. The second-order valence-electron chi connectivity index (χ2n) is 4.55. The van der Waals surface area contributed by atoms with Crippen LogP contribution in [-0.4, -0.2) is 0 Å². The van der Waals surface area contributed by atoms with Crippen molar-refractivity contribution in [2.45, 2.75) is 6.04 Å². The van der Waals surface area contributed by atoms with Crippen molar-refractivity contribution < 1.29 is 17.6 Å². The van der Waals surface area contributed by atoms with E-state index in [1.807, 2.05) is 0 Å². The Kier molecular flexibility index (Phi) is 3.40. The molecule has 3 rings (SSSR count). The summed E-state index contributed by atoms with van der Waals surface area (Å²) in [6, 6.07) is 8.25. The standard InChI is InChI=1S/C15H11F3N2O/c16-11-6-5-9(13(17)14(11)18)15(20-19)10-7-21-12-4-2-1-3-8(10)12/h1-7,15,20H,19H2. The van der Waals surface area contributed by atoms with Crippen molar-refractivity contribution in [1.82, 2.24) is 5.43 Å². The summed E-state index contributed by atoms with van der Waals surface area (Å²) in [5, 5.41) is 0.713. The molecule has 0 radical (unpaired) electrons. The molecule has 21 heavy (non-hydrogen) atoms. The molecular weight excluding hydrogens is 281 g/mol. The molecule has 0 saturated carbocycles. The fourth-order valence-electron chi connectivity index (χ4n) is 2.33. The van der Waals surface area contributed by atoms with Crippen LogP contribution in [0.3, 0.4) is 0 Å². The molecule has 0 saturated heterocycles. The molecule has 3 nitrogen and oxygen atoms in total. The van der Waals surface area contributed by atoms with Crippen LogP contribution in [0.5, 0.6) is 0 Å². The van der Waals surface area contributed by atoms with E-state index >= 15 is 0 Å². The van der Waals surface area contributed by atoms with Crippen LogP contribution < -0.4 is 11.3 Å². The summed E-state index contributed by atoms with van der Waals surface area (Å²) >= 11 is 0. The van der Waals surface area contributed by atoms with Crippen molar-refractivity contribution in [2.24, 2.45) is 5.84 Å². The van der Waals surface area contributed by atoms with E-state index in [4.69, 9.17) is 10.3 Å². The van der Waals surface area contributed by atoms with Gasteiger partial charge in [-0.05, 0) is 12.1 Å². The number of hydrogen-bond donors (Lipinski definition) is 2. The molecule has 1 atom stereocenters. The highest BCUT2D eigenvalue weighted by molar-refractivity contribution is 5.81. The average molecular weight is 292 g/mol. The Hall–Kier alpha value is -2.31. The quantitative estimate of drug-likeness (QED) is 0.442. The number of rotatable bonds is 3. The Balaban J connectivity index is 2.17. The number of hydrogen-bond acceptors (Lipinski definition) is 3. The highest BCUT2D eigenvalue weighted by Gasteiger charge is 2.24. The van der Waals surface area contributed by atoms with E-state index in [1.165, 1.54) is 6.26 Å². The lowest BCUT2D eigenvalue weighted by atomic mass is 9.98. The van der Waals surface area contributed by atoms with Gasteiger partial charge in [0, 0.05) is 16.5 Å². The van der Waals surface area contributed by atoms with Gasteiger partial charge in [0.15, 0.2) is 17.5 Å². The van der Waals surface area contributed by atoms with E-state index in [9.17, 15) is 13.2 Å². The van der Waals surface area contributed by atoms with E-state index in [0.717, 1.165) is 12.1 Å². The van der Waals surface area contributed by atoms with Crippen molar-refractivity contribution in [1.29, 1.82) is 0 Å². The van der Waals surface area contributed by atoms with Gasteiger partial charge < -0.3 is 4.42 Å². The third kappa shape index (κ3) is 2.18. The van der Waals surface area contributed by atoms with Gasteiger partial charge in [-0.3, -0.25) is 5.84 Å². The molecule has 1 unspecified atom stereocenters. The number of hydrazine groups is 1. The summed E-state index contributed by atoms with van der Waals surface area (Å²) in [6.45, 7) is 0. The van der Waals surface area contributed by atoms with Crippen LogP contribution >= 0.6 is 0 Å². The van der Waals surface area contributed by atoms with Gasteiger partial charge >= 0.3 is 0 Å². The number of halogens is 3. The zero-order valence-electron chi connectivity index (χ0n) is 10.7. The van der Waals surface area contributed by atoms with Gasteiger partial charge in [0.1, 0.15) is 5.58 Å². The first-order valence-electron chi connectivity index (χ1n) is 6.19. The van der Waals surface area contributed by atoms with E-state index in [0.29, 0.717) is 16.5 Å². The molecule has 0 fully saturated rings. The van der Waals surface area contributed by atoms with Gasteiger partial charge in [-0.1, -0.05) is 24.3 Å². The van der Waals surface area contributed by atoms with Crippen molar-refractivity contribution >= 4 is 11.0 Å². The Morgan fingerprint density at radius 3 is 2.48 bits per heavy atom. The minimum absolute atomic E-state index is 0.0945. The van der Waals surface area contributed by atoms with E-state index in [2.05, 4.69) is 5.43 Å². The van der Waals surface area contributed by atoms with Gasteiger partial charge in [-0.25, -0.2) is 18.6 Å². The fourth-order valence-corrected chi connectivity index (χ4v) is 2.33. The zero-order valence-corrected chi connectivity index (χ0v) is 10.7. The molecule has 3 aromatic rings. The molecule has 0 aliphatic rings. The van der Waals surface area contributed by atoms with Crippen LogP contribution in [0.25, 0.3) is 11.0 Å². The Morgan fingerprint density at radius 1 is 0.952 bits per heavy atom. The topological polar surface area (TPSA) is 51.2 Å². The van der Waals surface area contributed by atoms with Gasteiger partial charge in [-0.15, -0.1) is 0 Å². The maximum absolute atomic E-state index is 14.0. The first kappa shape index (κ1) is 13.7. The predicted molar refractivity (Wildman–Crippen MR) is 71.7 cm³/mol. The molecule has 0 bridgehead atoms. The van der Waals surface area contributed by atoms with Gasteiger partial charge in [-0.2, -0.15) is 0 Å². The third-order valence-electron chi connectivity index (χ3n) is 3.36. The molecule has 3 N–H and O–H groups in total. The number of furan rings is 1. The van der Waals surface area contributed by atoms with Crippen molar-refractivity contribution in [3.8, 4) is 0 Å².